The molecule has 0 heterocycles. The fraction of sp³-hybridized carbons (Fsp3) is 0.467. The molecule has 5 nitrogen and oxygen atoms in total. The molecule has 1 fully saturated rings. The van der Waals surface area contributed by atoms with Crippen molar-refractivity contribution < 1.29 is 9.59 Å². The third-order valence-electron chi connectivity index (χ3n) is 3.10. The van der Waals surface area contributed by atoms with E-state index in [1.54, 1.807) is 0 Å². The molecule has 0 saturated heterocycles. The van der Waals surface area contributed by atoms with E-state index >= 15 is 0 Å². The summed E-state index contributed by atoms with van der Waals surface area (Å²) in [6.45, 7) is 2.89. The van der Waals surface area contributed by atoms with Gasteiger partial charge in [-0.2, -0.15) is 0 Å². The van der Waals surface area contributed by atoms with Gasteiger partial charge in [-0.3, -0.25) is 9.59 Å². The van der Waals surface area contributed by atoms with E-state index in [-0.39, 0.29) is 11.8 Å². The van der Waals surface area contributed by atoms with Gasteiger partial charge in [0, 0.05) is 18.3 Å². The molecule has 0 aliphatic heterocycles. The van der Waals surface area contributed by atoms with Crippen molar-refractivity contribution in [2.24, 2.45) is 0 Å². The summed E-state index contributed by atoms with van der Waals surface area (Å²) in [4.78, 5) is 23.1. The van der Waals surface area contributed by atoms with Gasteiger partial charge < -0.3 is 16.0 Å². The monoisotopic (exact) mass is 275 g/mol. The lowest BCUT2D eigenvalue weighted by atomic mass is 10.1. The van der Waals surface area contributed by atoms with E-state index in [4.69, 9.17) is 0 Å². The highest BCUT2D eigenvalue weighted by Crippen LogP contribution is 2.18. The van der Waals surface area contributed by atoms with Crippen LogP contribution in [0, 0.1) is 0 Å². The van der Waals surface area contributed by atoms with Crippen LogP contribution < -0.4 is 16.0 Å². The number of amides is 2. The second-order valence-electron chi connectivity index (χ2n) is 5.03. The van der Waals surface area contributed by atoms with Crippen molar-refractivity contribution in [2.75, 3.05) is 18.4 Å². The second-order valence-corrected chi connectivity index (χ2v) is 5.03. The van der Waals surface area contributed by atoms with Crippen LogP contribution in [0.4, 0.5) is 5.69 Å². The summed E-state index contributed by atoms with van der Waals surface area (Å²) < 4.78 is 0. The van der Waals surface area contributed by atoms with E-state index in [0.29, 0.717) is 25.6 Å². The maximum absolute atomic E-state index is 11.7. The van der Waals surface area contributed by atoms with Gasteiger partial charge in [-0.05, 0) is 37.5 Å². The van der Waals surface area contributed by atoms with Crippen molar-refractivity contribution in [3.05, 3.63) is 29.8 Å². The maximum atomic E-state index is 11.7. The lowest BCUT2D eigenvalue weighted by Crippen LogP contribution is -2.29. The minimum Gasteiger partial charge on any atom is -0.356 e. The molecule has 2 rings (SSSR count). The summed E-state index contributed by atoms with van der Waals surface area (Å²) in [5, 5.41) is 8.75. The fourth-order valence-electron chi connectivity index (χ4n) is 1.88. The Hall–Kier alpha value is -1.88. The first-order valence-corrected chi connectivity index (χ1v) is 7.06. The highest BCUT2D eigenvalue weighted by Gasteiger charge is 2.21. The summed E-state index contributed by atoms with van der Waals surface area (Å²) >= 11 is 0. The zero-order valence-corrected chi connectivity index (χ0v) is 11.7. The van der Waals surface area contributed by atoms with Crippen LogP contribution in [0.3, 0.4) is 0 Å². The van der Waals surface area contributed by atoms with Crippen molar-refractivity contribution >= 4 is 17.5 Å². The van der Waals surface area contributed by atoms with Gasteiger partial charge in [0.1, 0.15) is 0 Å². The van der Waals surface area contributed by atoms with Gasteiger partial charge in [0.05, 0.1) is 13.0 Å². The Labute approximate surface area is 119 Å². The zero-order chi connectivity index (χ0) is 14.4. The van der Waals surface area contributed by atoms with Gasteiger partial charge in [0.2, 0.25) is 11.8 Å². The zero-order valence-electron chi connectivity index (χ0n) is 11.7. The Morgan fingerprint density at radius 3 is 2.45 bits per heavy atom. The molecule has 1 aliphatic rings. The van der Waals surface area contributed by atoms with Crippen molar-refractivity contribution in [1.29, 1.82) is 0 Å². The molecule has 108 valence electrons. The van der Waals surface area contributed by atoms with Gasteiger partial charge in [-0.1, -0.05) is 12.1 Å². The summed E-state index contributed by atoms with van der Waals surface area (Å²) in [6.07, 6.45) is 2.70. The SMILES string of the molecule is CCNC(=O)Cc1ccc(NC(=O)CNC2CC2)cc1. The first-order chi connectivity index (χ1) is 9.67. The van der Waals surface area contributed by atoms with Gasteiger partial charge in [-0.15, -0.1) is 0 Å². The Morgan fingerprint density at radius 1 is 1.15 bits per heavy atom. The van der Waals surface area contributed by atoms with Crippen LogP contribution in [0.15, 0.2) is 24.3 Å². The molecule has 0 bridgehead atoms. The van der Waals surface area contributed by atoms with E-state index in [9.17, 15) is 9.59 Å². The van der Waals surface area contributed by atoms with E-state index in [1.807, 2.05) is 31.2 Å². The number of anilines is 1. The fourth-order valence-corrected chi connectivity index (χ4v) is 1.88. The van der Waals surface area contributed by atoms with Gasteiger partial charge in [0.15, 0.2) is 0 Å². The van der Waals surface area contributed by atoms with Crippen LogP contribution in [-0.2, 0) is 16.0 Å². The Kier molecular flexibility index (Phi) is 5.12. The first-order valence-electron chi connectivity index (χ1n) is 7.06. The number of benzene rings is 1. The summed E-state index contributed by atoms with van der Waals surface area (Å²) in [7, 11) is 0. The average Bonchev–Trinajstić information content (AvgIpc) is 3.23. The summed E-state index contributed by atoms with van der Waals surface area (Å²) in [6, 6.07) is 7.89. The van der Waals surface area contributed by atoms with Crippen molar-refractivity contribution in [3.63, 3.8) is 0 Å². The molecule has 2 amide bonds. The van der Waals surface area contributed by atoms with E-state index < -0.39 is 0 Å². The van der Waals surface area contributed by atoms with Gasteiger partial charge in [0.25, 0.3) is 0 Å². The molecule has 20 heavy (non-hydrogen) atoms. The number of carbonyl (C=O) groups excluding carboxylic acids is 2. The predicted molar refractivity (Wildman–Crippen MR) is 78.5 cm³/mol. The van der Waals surface area contributed by atoms with E-state index in [0.717, 1.165) is 11.3 Å². The summed E-state index contributed by atoms with van der Waals surface area (Å²) in [5.74, 6) is -0.0219. The quantitative estimate of drug-likeness (QED) is 0.697. The topological polar surface area (TPSA) is 70.2 Å². The average molecular weight is 275 g/mol. The third-order valence-corrected chi connectivity index (χ3v) is 3.10. The summed E-state index contributed by atoms with van der Waals surface area (Å²) in [5.41, 5.74) is 1.69. The highest BCUT2D eigenvalue weighted by atomic mass is 16.2. The Bertz CT molecular complexity index is 467. The van der Waals surface area contributed by atoms with Crippen LogP contribution in [-0.4, -0.2) is 30.9 Å². The van der Waals surface area contributed by atoms with Gasteiger partial charge in [-0.25, -0.2) is 0 Å². The van der Waals surface area contributed by atoms with Crippen LogP contribution in [0.5, 0.6) is 0 Å². The number of hydrogen-bond donors (Lipinski definition) is 3. The number of likely N-dealkylation sites (N-methyl/N-ethyl adjacent to an activating group) is 1. The predicted octanol–water partition coefficient (Wildman–Crippen LogP) is 1.06. The second kappa shape index (κ2) is 7.05. The molecule has 0 aromatic heterocycles. The number of nitrogens with one attached hydrogen (secondary N) is 3. The molecule has 1 aromatic carbocycles. The van der Waals surface area contributed by atoms with E-state index in [1.165, 1.54) is 12.8 Å². The molecule has 1 aromatic rings. The molecule has 0 unspecified atom stereocenters. The van der Waals surface area contributed by atoms with E-state index in [2.05, 4.69) is 16.0 Å². The Morgan fingerprint density at radius 2 is 1.85 bits per heavy atom. The molecule has 5 heteroatoms. The van der Waals surface area contributed by atoms with Gasteiger partial charge >= 0.3 is 0 Å². The largest absolute Gasteiger partial charge is 0.356 e. The maximum Gasteiger partial charge on any atom is 0.238 e. The van der Waals surface area contributed by atoms with Crippen LogP contribution in [0.1, 0.15) is 25.3 Å². The molecular weight excluding hydrogens is 254 g/mol. The molecule has 1 saturated carbocycles. The van der Waals surface area contributed by atoms with Crippen LogP contribution in [0.2, 0.25) is 0 Å². The number of rotatable bonds is 7. The lowest BCUT2D eigenvalue weighted by molar-refractivity contribution is -0.120. The van der Waals surface area contributed by atoms with Crippen molar-refractivity contribution in [3.8, 4) is 0 Å². The molecule has 0 spiro atoms. The highest BCUT2D eigenvalue weighted by molar-refractivity contribution is 5.92. The minimum atomic E-state index is -0.0339. The van der Waals surface area contributed by atoms with Crippen molar-refractivity contribution in [2.45, 2.75) is 32.2 Å². The minimum absolute atomic E-state index is 0.0120. The third kappa shape index (κ3) is 5.01. The normalized spacial score (nSPS) is 13.8. The smallest absolute Gasteiger partial charge is 0.238 e. The molecule has 3 N–H and O–H groups in total. The molecule has 0 atom stereocenters. The molecule has 1 aliphatic carbocycles. The number of hydrogen-bond acceptors (Lipinski definition) is 3. The molecular formula is C15H21N3O2. The van der Waals surface area contributed by atoms with Crippen LogP contribution in [0.25, 0.3) is 0 Å². The van der Waals surface area contributed by atoms with Crippen molar-refractivity contribution in [1.82, 2.24) is 10.6 Å². The first kappa shape index (κ1) is 14.5. The standard InChI is InChI=1S/C15H21N3O2/c1-2-16-14(19)9-11-3-5-13(6-4-11)18-15(20)10-17-12-7-8-12/h3-6,12,17H,2,7-10H2,1H3,(H,16,19)(H,18,20). The Balaban J connectivity index is 1.77. The lowest BCUT2D eigenvalue weighted by Gasteiger charge is -2.07. The number of carbonyl (C=O) groups is 2. The van der Waals surface area contributed by atoms with Crippen LogP contribution >= 0.6 is 0 Å². The molecule has 0 radical (unpaired) electrons.